The van der Waals surface area contributed by atoms with Crippen molar-refractivity contribution >= 4 is 17.7 Å². The van der Waals surface area contributed by atoms with Gasteiger partial charge in [-0.25, -0.2) is 9.59 Å². The van der Waals surface area contributed by atoms with Crippen molar-refractivity contribution in [2.45, 2.75) is 37.9 Å². The number of rotatable bonds is 3. The minimum atomic E-state index is -4.17. The van der Waals surface area contributed by atoms with Crippen LogP contribution in [0.5, 0.6) is 0 Å². The van der Waals surface area contributed by atoms with Gasteiger partial charge in [-0.15, -0.1) is 0 Å². The molecule has 0 unspecified atom stereocenters. The molecule has 1 aromatic rings. The Bertz CT molecular complexity index is 596. The summed E-state index contributed by atoms with van der Waals surface area (Å²) < 4.78 is 42.4. The number of hydrogen-bond acceptors (Lipinski definition) is 3. The van der Waals surface area contributed by atoms with Crippen molar-refractivity contribution in [3.05, 3.63) is 29.8 Å². The standard InChI is InChI=1S/C16H19F3N2O3/c1-24-14(22)10-3-2-4-13(9-10)21-15(23)20-12-7-5-11(6-8-12)16(17,18)19/h2-4,9,11-12H,5-8H2,1H3,(H2,20,21,23). The van der Waals surface area contributed by atoms with Gasteiger partial charge in [0.05, 0.1) is 18.6 Å². The molecule has 1 aliphatic carbocycles. The van der Waals surface area contributed by atoms with E-state index in [4.69, 9.17) is 0 Å². The largest absolute Gasteiger partial charge is 0.465 e. The van der Waals surface area contributed by atoms with E-state index >= 15 is 0 Å². The number of hydrogen-bond donors (Lipinski definition) is 2. The molecular formula is C16H19F3N2O3. The number of anilines is 1. The SMILES string of the molecule is COC(=O)c1cccc(NC(=O)NC2CCC(C(F)(F)F)CC2)c1. The third-order valence-electron chi connectivity index (χ3n) is 4.07. The van der Waals surface area contributed by atoms with Crippen LogP contribution in [0.1, 0.15) is 36.0 Å². The highest BCUT2D eigenvalue weighted by Crippen LogP contribution is 2.37. The number of carbonyl (C=O) groups is 2. The summed E-state index contributed by atoms with van der Waals surface area (Å²) in [6.07, 6.45) is -3.54. The summed E-state index contributed by atoms with van der Waals surface area (Å²) in [5.41, 5.74) is 0.695. The average molecular weight is 344 g/mol. The predicted octanol–water partition coefficient (Wildman–Crippen LogP) is 3.72. The van der Waals surface area contributed by atoms with Crippen LogP contribution in [-0.4, -0.2) is 31.3 Å². The van der Waals surface area contributed by atoms with E-state index in [0.29, 0.717) is 24.1 Å². The molecule has 0 radical (unpaired) electrons. The molecule has 0 spiro atoms. The monoisotopic (exact) mass is 344 g/mol. The van der Waals surface area contributed by atoms with E-state index in [1.54, 1.807) is 18.2 Å². The van der Waals surface area contributed by atoms with E-state index in [9.17, 15) is 22.8 Å². The van der Waals surface area contributed by atoms with Crippen molar-refractivity contribution in [3.63, 3.8) is 0 Å². The summed E-state index contributed by atoms with van der Waals surface area (Å²) in [5, 5.41) is 5.24. The lowest BCUT2D eigenvalue weighted by Crippen LogP contribution is -2.41. The number of halogens is 3. The van der Waals surface area contributed by atoms with Crippen molar-refractivity contribution in [1.82, 2.24) is 5.32 Å². The van der Waals surface area contributed by atoms with Crippen molar-refractivity contribution in [3.8, 4) is 0 Å². The molecule has 1 aromatic carbocycles. The van der Waals surface area contributed by atoms with Gasteiger partial charge < -0.3 is 15.4 Å². The molecule has 2 amide bonds. The minimum absolute atomic E-state index is 0.0201. The molecular weight excluding hydrogens is 325 g/mol. The molecule has 132 valence electrons. The fourth-order valence-electron chi connectivity index (χ4n) is 2.76. The zero-order valence-electron chi connectivity index (χ0n) is 13.2. The first-order valence-electron chi connectivity index (χ1n) is 7.62. The lowest BCUT2D eigenvalue weighted by Gasteiger charge is -2.30. The zero-order valence-corrected chi connectivity index (χ0v) is 13.2. The van der Waals surface area contributed by atoms with E-state index in [0.717, 1.165) is 0 Å². The lowest BCUT2D eigenvalue weighted by molar-refractivity contribution is -0.182. The molecule has 1 saturated carbocycles. The second-order valence-electron chi connectivity index (χ2n) is 5.76. The first-order chi connectivity index (χ1) is 11.3. The molecule has 2 rings (SSSR count). The van der Waals surface area contributed by atoms with Crippen LogP contribution in [0.4, 0.5) is 23.7 Å². The third kappa shape index (κ3) is 4.87. The molecule has 0 aliphatic heterocycles. The van der Waals surface area contributed by atoms with Crippen LogP contribution < -0.4 is 10.6 Å². The van der Waals surface area contributed by atoms with Crippen LogP contribution in [0.2, 0.25) is 0 Å². The predicted molar refractivity (Wildman–Crippen MR) is 81.7 cm³/mol. The Kier molecular flexibility index (Phi) is 5.69. The van der Waals surface area contributed by atoms with Gasteiger partial charge in [-0.3, -0.25) is 0 Å². The van der Waals surface area contributed by atoms with E-state index in [1.807, 2.05) is 0 Å². The number of ether oxygens (including phenoxy) is 1. The first-order valence-corrected chi connectivity index (χ1v) is 7.62. The fraction of sp³-hybridized carbons (Fsp3) is 0.500. The van der Waals surface area contributed by atoms with Crippen molar-refractivity contribution in [2.75, 3.05) is 12.4 Å². The smallest absolute Gasteiger partial charge is 0.391 e. The van der Waals surface area contributed by atoms with Crippen molar-refractivity contribution in [1.29, 1.82) is 0 Å². The van der Waals surface area contributed by atoms with Gasteiger partial charge >= 0.3 is 18.2 Å². The number of carbonyl (C=O) groups excluding carboxylic acids is 2. The summed E-state index contributed by atoms with van der Waals surface area (Å²) in [4.78, 5) is 23.4. The molecule has 0 bridgehead atoms. The second-order valence-corrected chi connectivity index (χ2v) is 5.76. The quantitative estimate of drug-likeness (QED) is 0.822. The van der Waals surface area contributed by atoms with Gasteiger partial charge in [0, 0.05) is 11.7 Å². The Hall–Kier alpha value is -2.25. The van der Waals surface area contributed by atoms with E-state index in [-0.39, 0.29) is 18.9 Å². The van der Waals surface area contributed by atoms with E-state index in [2.05, 4.69) is 15.4 Å². The summed E-state index contributed by atoms with van der Waals surface area (Å²) in [5.74, 6) is -1.81. The van der Waals surface area contributed by atoms with Crippen LogP contribution in [0.15, 0.2) is 24.3 Å². The van der Waals surface area contributed by atoms with Crippen molar-refractivity contribution < 1.29 is 27.5 Å². The molecule has 0 aromatic heterocycles. The van der Waals surface area contributed by atoms with Crippen LogP contribution >= 0.6 is 0 Å². The zero-order chi connectivity index (χ0) is 17.7. The molecule has 0 atom stereocenters. The second kappa shape index (κ2) is 7.55. The minimum Gasteiger partial charge on any atom is -0.465 e. The number of amides is 2. The van der Waals surface area contributed by atoms with Gasteiger partial charge in [0.2, 0.25) is 0 Å². The number of urea groups is 1. The molecule has 8 heteroatoms. The molecule has 0 saturated heterocycles. The Morgan fingerprint density at radius 2 is 1.83 bits per heavy atom. The highest BCUT2D eigenvalue weighted by Gasteiger charge is 2.41. The van der Waals surface area contributed by atoms with Crippen LogP contribution in [0, 0.1) is 5.92 Å². The van der Waals surface area contributed by atoms with Gasteiger partial charge in [-0.05, 0) is 43.9 Å². The normalized spacial score (nSPS) is 21.0. The Labute approximate surface area is 137 Å². The number of nitrogens with one attached hydrogen (secondary N) is 2. The lowest BCUT2D eigenvalue weighted by atomic mass is 9.86. The first kappa shape index (κ1) is 18.1. The molecule has 1 fully saturated rings. The van der Waals surface area contributed by atoms with Gasteiger partial charge in [0.25, 0.3) is 0 Å². The summed E-state index contributed by atoms with van der Waals surface area (Å²) >= 11 is 0. The maximum absolute atomic E-state index is 12.6. The van der Waals surface area contributed by atoms with Crippen LogP contribution in [0.25, 0.3) is 0 Å². The van der Waals surface area contributed by atoms with Gasteiger partial charge in [-0.2, -0.15) is 13.2 Å². The summed E-state index contributed by atoms with van der Waals surface area (Å²) in [7, 11) is 1.26. The van der Waals surface area contributed by atoms with Crippen molar-refractivity contribution in [2.24, 2.45) is 5.92 Å². The number of esters is 1. The molecule has 0 heterocycles. The molecule has 5 nitrogen and oxygen atoms in total. The van der Waals surface area contributed by atoms with Gasteiger partial charge in [0.1, 0.15) is 0 Å². The maximum Gasteiger partial charge on any atom is 0.391 e. The highest BCUT2D eigenvalue weighted by atomic mass is 19.4. The fourth-order valence-corrected chi connectivity index (χ4v) is 2.76. The van der Waals surface area contributed by atoms with Crippen LogP contribution in [0.3, 0.4) is 0 Å². The van der Waals surface area contributed by atoms with E-state index < -0.39 is 24.1 Å². The molecule has 24 heavy (non-hydrogen) atoms. The summed E-state index contributed by atoms with van der Waals surface area (Å²) in [6, 6.07) is 5.42. The number of benzene rings is 1. The average Bonchev–Trinajstić information content (AvgIpc) is 2.54. The van der Waals surface area contributed by atoms with Gasteiger partial charge in [0.15, 0.2) is 0 Å². The Morgan fingerprint density at radius 3 is 2.42 bits per heavy atom. The summed E-state index contributed by atoms with van der Waals surface area (Å²) in [6.45, 7) is 0. The van der Waals surface area contributed by atoms with Crippen LogP contribution in [-0.2, 0) is 4.74 Å². The molecule has 1 aliphatic rings. The maximum atomic E-state index is 12.6. The third-order valence-corrected chi connectivity index (χ3v) is 4.07. The van der Waals surface area contributed by atoms with E-state index in [1.165, 1.54) is 13.2 Å². The highest BCUT2D eigenvalue weighted by molar-refractivity contribution is 5.93. The topological polar surface area (TPSA) is 67.4 Å². The van der Waals surface area contributed by atoms with Gasteiger partial charge in [-0.1, -0.05) is 6.07 Å². The Balaban J connectivity index is 1.85. The molecule has 2 N–H and O–H groups in total. The number of methoxy groups -OCH3 is 1. The Morgan fingerprint density at radius 1 is 1.17 bits per heavy atom. The number of alkyl halides is 3.